The molecule has 1 atom stereocenters. The minimum Gasteiger partial charge on any atom is -0.480 e. The highest BCUT2D eigenvalue weighted by atomic mass is 16.4. The lowest BCUT2D eigenvalue weighted by Gasteiger charge is -2.19. The zero-order valence-corrected chi connectivity index (χ0v) is 10.5. The molecule has 17 heavy (non-hydrogen) atoms. The summed E-state index contributed by atoms with van der Waals surface area (Å²) >= 11 is 0. The normalized spacial score (nSPS) is 11.8. The van der Waals surface area contributed by atoms with E-state index in [0.29, 0.717) is 0 Å². The number of carbonyl (C=O) groups excluding carboxylic acids is 2. The van der Waals surface area contributed by atoms with Crippen LogP contribution < -0.4 is 10.6 Å². The van der Waals surface area contributed by atoms with Gasteiger partial charge in [0.05, 0.1) is 0 Å². The molecule has 0 bridgehead atoms. The number of amides is 3. The van der Waals surface area contributed by atoms with Crippen LogP contribution in [0.1, 0.15) is 20.8 Å². The quantitative estimate of drug-likeness (QED) is 0.615. The van der Waals surface area contributed by atoms with Gasteiger partial charge in [-0.25, -0.2) is 4.79 Å². The summed E-state index contributed by atoms with van der Waals surface area (Å²) in [5.41, 5.74) is 0. The Hall–Kier alpha value is -1.79. The Morgan fingerprint density at radius 3 is 2.12 bits per heavy atom. The number of carboxylic acid groups (broad SMARTS) is 1. The first kappa shape index (κ1) is 15.2. The van der Waals surface area contributed by atoms with Crippen molar-refractivity contribution in [1.82, 2.24) is 15.5 Å². The van der Waals surface area contributed by atoms with Crippen LogP contribution in [0.5, 0.6) is 0 Å². The Labute approximate surface area is 100 Å². The fraction of sp³-hybridized carbons (Fsp3) is 0.700. The standard InChI is InChI=1S/C10H19N3O4/c1-6(2)11-8(14)5-13(4)10(17)12-7(3)9(15)16/h6-7H,5H2,1-4H3,(H,11,14)(H,12,17)(H,15,16)/t7-/m1/s1. The topological polar surface area (TPSA) is 98.7 Å². The summed E-state index contributed by atoms with van der Waals surface area (Å²) in [5, 5.41) is 13.5. The fourth-order valence-electron chi connectivity index (χ4n) is 1.01. The second kappa shape index (κ2) is 6.72. The van der Waals surface area contributed by atoms with E-state index in [1.165, 1.54) is 14.0 Å². The predicted molar refractivity (Wildman–Crippen MR) is 61.5 cm³/mol. The highest BCUT2D eigenvalue weighted by molar-refractivity contribution is 5.86. The predicted octanol–water partition coefficient (Wildman–Crippen LogP) is -0.374. The van der Waals surface area contributed by atoms with E-state index in [4.69, 9.17) is 5.11 Å². The summed E-state index contributed by atoms with van der Waals surface area (Å²) in [6.45, 7) is 4.85. The molecule has 0 aromatic heterocycles. The molecule has 3 amide bonds. The first-order valence-corrected chi connectivity index (χ1v) is 5.27. The largest absolute Gasteiger partial charge is 0.480 e. The van der Waals surface area contributed by atoms with Crippen molar-refractivity contribution in [1.29, 1.82) is 0 Å². The van der Waals surface area contributed by atoms with Gasteiger partial charge in [-0.3, -0.25) is 9.59 Å². The molecule has 0 fully saturated rings. The zero-order valence-electron chi connectivity index (χ0n) is 10.5. The van der Waals surface area contributed by atoms with Gasteiger partial charge in [0, 0.05) is 13.1 Å². The van der Waals surface area contributed by atoms with Crippen molar-refractivity contribution in [3.05, 3.63) is 0 Å². The summed E-state index contributed by atoms with van der Waals surface area (Å²) in [6, 6.07) is -1.59. The number of carboxylic acids is 1. The summed E-state index contributed by atoms with van der Waals surface area (Å²) in [5.74, 6) is -1.42. The number of hydrogen-bond acceptors (Lipinski definition) is 3. The molecule has 0 unspecified atom stereocenters. The molecule has 7 heteroatoms. The van der Waals surface area contributed by atoms with Gasteiger partial charge in [-0.2, -0.15) is 0 Å². The van der Waals surface area contributed by atoms with Crippen LogP contribution in [-0.4, -0.2) is 53.6 Å². The van der Waals surface area contributed by atoms with Gasteiger partial charge in [-0.1, -0.05) is 0 Å². The third kappa shape index (κ3) is 6.39. The van der Waals surface area contributed by atoms with Gasteiger partial charge in [-0.15, -0.1) is 0 Å². The molecule has 0 rings (SSSR count). The molecule has 0 saturated carbocycles. The Balaban J connectivity index is 4.14. The van der Waals surface area contributed by atoms with Crippen LogP contribution in [-0.2, 0) is 9.59 Å². The van der Waals surface area contributed by atoms with Crippen LogP contribution >= 0.6 is 0 Å². The number of rotatable bonds is 5. The van der Waals surface area contributed by atoms with Gasteiger partial charge in [0.1, 0.15) is 12.6 Å². The van der Waals surface area contributed by atoms with Crippen molar-refractivity contribution in [2.45, 2.75) is 32.9 Å². The van der Waals surface area contributed by atoms with Gasteiger partial charge >= 0.3 is 12.0 Å². The highest BCUT2D eigenvalue weighted by Crippen LogP contribution is 1.89. The SMILES string of the molecule is CC(C)NC(=O)CN(C)C(=O)N[C@H](C)C(=O)O. The van der Waals surface area contributed by atoms with Crippen LogP contribution in [0, 0.1) is 0 Å². The van der Waals surface area contributed by atoms with Gasteiger partial charge < -0.3 is 20.6 Å². The molecular formula is C10H19N3O4. The molecule has 0 radical (unpaired) electrons. The van der Waals surface area contributed by atoms with Crippen LogP contribution in [0.4, 0.5) is 4.79 Å². The third-order valence-electron chi connectivity index (χ3n) is 1.89. The Morgan fingerprint density at radius 2 is 1.71 bits per heavy atom. The third-order valence-corrected chi connectivity index (χ3v) is 1.89. The second-order valence-corrected chi connectivity index (χ2v) is 4.09. The lowest BCUT2D eigenvalue weighted by molar-refractivity contribution is -0.138. The van der Waals surface area contributed by atoms with E-state index in [9.17, 15) is 14.4 Å². The molecule has 98 valence electrons. The lowest BCUT2D eigenvalue weighted by atomic mass is 10.3. The van der Waals surface area contributed by atoms with Crippen molar-refractivity contribution in [3.8, 4) is 0 Å². The summed E-state index contributed by atoms with van der Waals surface area (Å²) < 4.78 is 0. The van der Waals surface area contributed by atoms with Crippen molar-refractivity contribution in [2.24, 2.45) is 0 Å². The van der Waals surface area contributed by atoms with E-state index in [1.54, 1.807) is 0 Å². The minimum atomic E-state index is -1.13. The molecule has 3 N–H and O–H groups in total. The number of nitrogens with zero attached hydrogens (tertiary/aromatic N) is 1. The smallest absolute Gasteiger partial charge is 0.325 e. The molecule has 0 saturated heterocycles. The van der Waals surface area contributed by atoms with Crippen LogP contribution in [0.3, 0.4) is 0 Å². The first-order valence-electron chi connectivity index (χ1n) is 5.27. The molecule has 0 aliphatic carbocycles. The summed E-state index contributed by atoms with van der Waals surface area (Å²) in [4.78, 5) is 34.4. The molecule has 0 spiro atoms. The molecular weight excluding hydrogens is 226 g/mol. The molecule has 0 heterocycles. The highest BCUT2D eigenvalue weighted by Gasteiger charge is 2.18. The van der Waals surface area contributed by atoms with Gasteiger partial charge in [-0.05, 0) is 20.8 Å². The monoisotopic (exact) mass is 245 g/mol. The Bertz CT molecular complexity index is 304. The van der Waals surface area contributed by atoms with Gasteiger partial charge in [0.2, 0.25) is 5.91 Å². The molecule has 7 nitrogen and oxygen atoms in total. The molecule has 0 aliphatic heterocycles. The summed E-state index contributed by atoms with van der Waals surface area (Å²) in [6.07, 6.45) is 0. The van der Waals surface area contributed by atoms with E-state index in [-0.39, 0.29) is 18.5 Å². The maximum atomic E-state index is 11.5. The number of urea groups is 1. The van der Waals surface area contributed by atoms with E-state index < -0.39 is 18.0 Å². The average Bonchev–Trinajstić information content (AvgIpc) is 2.15. The molecule has 0 aromatic carbocycles. The second-order valence-electron chi connectivity index (χ2n) is 4.09. The van der Waals surface area contributed by atoms with Crippen LogP contribution in [0.2, 0.25) is 0 Å². The van der Waals surface area contributed by atoms with Crippen molar-refractivity contribution in [2.75, 3.05) is 13.6 Å². The van der Waals surface area contributed by atoms with E-state index in [0.717, 1.165) is 4.90 Å². The number of aliphatic carboxylic acids is 1. The lowest BCUT2D eigenvalue weighted by Crippen LogP contribution is -2.48. The fourth-order valence-corrected chi connectivity index (χ4v) is 1.01. The number of hydrogen-bond donors (Lipinski definition) is 3. The summed E-state index contributed by atoms with van der Waals surface area (Å²) in [7, 11) is 1.42. The van der Waals surface area contributed by atoms with Crippen molar-refractivity contribution >= 4 is 17.9 Å². The Kier molecular flexibility index (Phi) is 6.01. The zero-order chi connectivity index (χ0) is 13.6. The van der Waals surface area contributed by atoms with Crippen molar-refractivity contribution in [3.63, 3.8) is 0 Å². The van der Waals surface area contributed by atoms with Crippen molar-refractivity contribution < 1.29 is 19.5 Å². The minimum absolute atomic E-state index is 0.00287. The Morgan fingerprint density at radius 1 is 1.18 bits per heavy atom. The van der Waals surface area contributed by atoms with E-state index in [1.807, 2.05) is 13.8 Å². The van der Waals surface area contributed by atoms with E-state index in [2.05, 4.69) is 10.6 Å². The molecule has 0 aliphatic rings. The number of likely N-dealkylation sites (N-methyl/N-ethyl adjacent to an activating group) is 1. The number of carbonyl (C=O) groups is 3. The molecule has 0 aromatic rings. The number of nitrogens with one attached hydrogen (secondary N) is 2. The van der Waals surface area contributed by atoms with Gasteiger partial charge in [0.25, 0.3) is 0 Å². The van der Waals surface area contributed by atoms with Crippen LogP contribution in [0.25, 0.3) is 0 Å². The first-order chi connectivity index (χ1) is 7.73. The maximum absolute atomic E-state index is 11.5. The average molecular weight is 245 g/mol. The van der Waals surface area contributed by atoms with E-state index >= 15 is 0 Å². The maximum Gasteiger partial charge on any atom is 0.325 e. The van der Waals surface area contributed by atoms with Crippen LogP contribution in [0.15, 0.2) is 0 Å². The van der Waals surface area contributed by atoms with Gasteiger partial charge in [0.15, 0.2) is 0 Å².